The van der Waals surface area contributed by atoms with Gasteiger partial charge in [0.25, 0.3) is 0 Å². The van der Waals surface area contributed by atoms with E-state index >= 15 is 0 Å². The van der Waals surface area contributed by atoms with Crippen molar-refractivity contribution in [1.29, 1.82) is 0 Å². The van der Waals surface area contributed by atoms with Crippen LogP contribution in [0.25, 0.3) is 0 Å². The largest absolute Gasteiger partial charge is 0.480 e. The van der Waals surface area contributed by atoms with E-state index in [1.165, 1.54) is 16.8 Å². The van der Waals surface area contributed by atoms with E-state index in [1.54, 1.807) is 0 Å². The number of carboxylic acids is 1. The number of piperazine rings is 1. The minimum absolute atomic E-state index is 0.106. The molecule has 1 aromatic carbocycles. The maximum absolute atomic E-state index is 11.6. The summed E-state index contributed by atoms with van der Waals surface area (Å²) in [5, 5.41) is 12.9. The molecule has 0 radical (unpaired) electrons. The number of anilines is 1. The molecule has 1 saturated heterocycles. The fourth-order valence-electron chi connectivity index (χ4n) is 3.69. The van der Waals surface area contributed by atoms with E-state index in [-0.39, 0.29) is 5.92 Å². The SMILES string of the molecule is CC(C)C(C(=O)O)N1Cc2cccc(N3CCNCC3)c2C1. The Kier molecular flexibility index (Phi) is 4.36. The molecule has 2 aliphatic rings. The third-order valence-corrected chi connectivity index (χ3v) is 4.72. The first-order valence-electron chi connectivity index (χ1n) is 8.11. The zero-order valence-corrected chi connectivity index (χ0v) is 13.4. The summed E-state index contributed by atoms with van der Waals surface area (Å²) in [5.74, 6) is -0.610. The van der Waals surface area contributed by atoms with Gasteiger partial charge in [0.15, 0.2) is 0 Å². The number of nitrogens with zero attached hydrogens (tertiary/aromatic N) is 2. The molecule has 1 aromatic rings. The number of nitrogens with one attached hydrogen (secondary N) is 1. The van der Waals surface area contributed by atoms with Gasteiger partial charge in [-0.05, 0) is 23.1 Å². The summed E-state index contributed by atoms with van der Waals surface area (Å²) in [7, 11) is 0. The first kappa shape index (κ1) is 15.3. The summed E-state index contributed by atoms with van der Waals surface area (Å²) in [6.45, 7) is 9.51. The second-order valence-electron chi connectivity index (χ2n) is 6.58. The smallest absolute Gasteiger partial charge is 0.321 e. The molecule has 1 unspecified atom stereocenters. The molecular formula is C17H25N3O2. The van der Waals surface area contributed by atoms with E-state index in [2.05, 4.69) is 33.3 Å². The van der Waals surface area contributed by atoms with Crippen LogP contribution in [0, 0.1) is 5.92 Å². The van der Waals surface area contributed by atoms with Crippen molar-refractivity contribution in [3.8, 4) is 0 Å². The number of hydrogen-bond acceptors (Lipinski definition) is 4. The molecular weight excluding hydrogens is 278 g/mol. The van der Waals surface area contributed by atoms with Gasteiger partial charge in [-0.3, -0.25) is 9.69 Å². The Hall–Kier alpha value is -1.59. The minimum atomic E-state index is -0.716. The van der Waals surface area contributed by atoms with Gasteiger partial charge in [0.1, 0.15) is 6.04 Å². The van der Waals surface area contributed by atoms with Gasteiger partial charge in [-0.2, -0.15) is 0 Å². The predicted octanol–water partition coefficient (Wildman–Crippen LogP) is 1.52. The Labute approximate surface area is 131 Å². The van der Waals surface area contributed by atoms with Crippen LogP contribution in [0.2, 0.25) is 0 Å². The molecule has 22 heavy (non-hydrogen) atoms. The Bertz CT molecular complexity index is 553. The quantitative estimate of drug-likeness (QED) is 0.883. The molecule has 5 nitrogen and oxygen atoms in total. The van der Waals surface area contributed by atoms with E-state index in [0.29, 0.717) is 0 Å². The standard InChI is InChI=1S/C17H25N3O2/c1-12(2)16(17(21)22)20-10-13-4-3-5-15(14(13)11-20)19-8-6-18-7-9-19/h3-5,12,16,18H,6-11H2,1-2H3,(H,21,22). The molecule has 2 aliphatic heterocycles. The zero-order valence-electron chi connectivity index (χ0n) is 13.4. The van der Waals surface area contributed by atoms with Gasteiger partial charge in [0.2, 0.25) is 0 Å². The van der Waals surface area contributed by atoms with Crippen LogP contribution >= 0.6 is 0 Å². The van der Waals surface area contributed by atoms with Gasteiger partial charge in [-0.1, -0.05) is 26.0 Å². The molecule has 0 aliphatic carbocycles. The minimum Gasteiger partial charge on any atom is -0.480 e. The van der Waals surface area contributed by atoms with Crippen LogP contribution in [0.15, 0.2) is 18.2 Å². The van der Waals surface area contributed by atoms with Crippen LogP contribution in [-0.4, -0.2) is 48.2 Å². The number of rotatable bonds is 4. The summed E-state index contributed by atoms with van der Waals surface area (Å²) in [6.07, 6.45) is 0. The Morgan fingerprint density at radius 2 is 1.95 bits per heavy atom. The molecule has 5 heteroatoms. The Morgan fingerprint density at radius 1 is 1.23 bits per heavy atom. The van der Waals surface area contributed by atoms with Crippen LogP contribution in [0.4, 0.5) is 5.69 Å². The lowest BCUT2D eigenvalue weighted by Crippen LogP contribution is -2.44. The van der Waals surface area contributed by atoms with Crippen LogP contribution in [-0.2, 0) is 17.9 Å². The summed E-state index contributed by atoms with van der Waals surface area (Å²) < 4.78 is 0. The van der Waals surface area contributed by atoms with E-state index in [9.17, 15) is 9.90 Å². The van der Waals surface area contributed by atoms with Crippen LogP contribution in [0.3, 0.4) is 0 Å². The van der Waals surface area contributed by atoms with E-state index in [0.717, 1.165) is 39.3 Å². The fourth-order valence-corrected chi connectivity index (χ4v) is 3.69. The summed E-state index contributed by atoms with van der Waals surface area (Å²) in [4.78, 5) is 16.1. The topological polar surface area (TPSA) is 55.8 Å². The normalized spacial score (nSPS) is 20.2. The highest BCUT2D eigenvalue weighted by molar-refractivity contribution is 5.74. The number of fused-ring (bicyclic) bond motifs is 1. The number of hydrogen-bond donors (Lipinski definition) is 2. The Balaban J connectivity index is 1.85. The molecule has 0 bridgehead atoms. The lowest BCUT2D eigenvalue weighted by Gasteiger charge is -2.31. The first-order valence-corrected chi connectivity index (χ1v) is 8.11. The average molecular weight is 303 g/mol. The lowest BCUT2D eigenvalue weighted by molar-refractivity contribution is -0.145. The van der Waals surface area contributed by atoms with Crippen LogP contribution in [0.1, 0.15) is 25.0 Å². The van der Waals surface area contributed by atoms with Gasteiger partial charge in [0.05, 0.1) is 0 Å². The Morgan fingerprint density at radius 3 is 2.59 bits per heavy atom. The maximum atomic E-state index is 11.6. The summed E-state index contributed by atoms with van der Waals surface area (Å²) in [5.41, 5.74) is 3.88. The second-order valence-corrected chi connectivity index (χ2v) is 6.58. The molecule has 120 valence electrons. The molecule has 1 fully saturated rings. The number of aliphatic carboxylic acids is 1. The van der Waals surface area contributed by atoms with Crippen molar-refractivity contribution in [1.82, 2.24) is 10.2 Å². The van der Waals surface area contributed by atoms with Crippen molar-refractivity contribution in [3.63, 3.8) is 0 Å². The van der Waals surface area contributed by atoms with E-state index in [1.807, 2.05) is 13.8 Å². The van der Waals surface area contributed by atoms with Crippen molar-refractivity contribution in [2.45, 2.75) is 33.0 Å². The second kappa shape index (κ2) is 6.26. The molecule has 0 saturated carbocycles. The first-order chi connectivity index (χ1) is 10.6. The van der Waals surface area contributed by atoms with Gasteiger partial charge in [-0.25, -0.2) is 0 Å². The van der Waals surface area contributed by atoms with Crippen molar-refractivity contribution in [3.05, 3.63) is 29.3 Å². The average Bonchev–Trinajstić information content (AvgIpc) is 2.90. The number of carbonyl (C=O) groups is 1. The van der Waals surface area contributed by atoms with Gasteiger partial charge < -0.3 is 15.3 Å². The monoisotopic (exact) mass is 303 g/mol. The van der Waals surface area contributed by atoms with E-state index < -0.39 is 12.0 Å². The van der Waals surface area contributed by atoms with Crippen LogP contribution in [0.5, 0.6) is 0 Å². The highest BCUT2D eigenvalue weighted by atomic mass is 16.4. The third-order valence-electron chi connectivity index (χ3n) is 4.72. The molecule has 2 N–H and O–H groups in total. The molecule has 2 heterocycles. The molecule has 0 aromatic heterocycles. The summed E-state index contributed by atoms with van der Waals surface area (Å²) >= 11 is 0. The maximum Gasteiger partial charge on any atom is 0.321 e. The van der Waals surface area contributed by atoms with Crippen molar-refractivity contribution >= 4 is 11.7 Å². The molecule has 0 amide bonds. The van der Waals surface area contributed by atoms with Gasteiger partial charge >= 0.3 is 5.97 Å². The van der Waals surface area contributed by atoms with Crippen molar-refractivity contribution in [2.75, 3.05) is 31.1 Å². The number of benzene rings is 1. The number of carboxylic acid groups (broad SMARTS) is 1. The fraction of sp³-hybridized carbons (Fsp3) is 0.588. The predicted molar refractivity (Wildman–Crippen MR) is 87.0 cm³/mol. The highest BCUT2D eigenvalue weighted by Crippen LogP contribution is 2.34. The van der Waals surface area contributed by atoms with Crippen LogP contribution < -0.4 is 10.2 Å². The van der Waals surface area contributed by atoms with Gasteiger partial charge in [-0.15, -0.1) is 0 Å². The molecule has 3 rings (SSSR count). The van der Waals surface area contributed by atoms with Crippen molar-refractivity contribution < 1.29 is 9.90 Å². The molecule has 1 atom stereocenters. The van der Waals surface area contributed by atoms with Gasteiger partial charge in [0, 0.05) is 45.0 Å². The molecule has 0 spiro atoms. The van der Waals surface area contributed by atoms with E-state index in [4.69, 9.17) is 0 Å². The van der Waals surface area contributed by atoms with Crippen molar-refractivity contribution in [2.24, 2.45) is 5.92 Å². The zero-order chi connectivity index (χ0) is 15.7. The highest BCUT2D eigenvalue weighted by Gasteiger charge is 2.34. The lowest BCUT2D eigenvalue weighted by atomic mass is 10.0. The third kappa shape index (κ3) is 2.83. The summed E-state index contributed by atoms with van der Waals surface area (Å²) in [6, 6.07) is 6.01.